The molecule has 8 nitrogen and oxygen atoms in total. The Labute approximate surface area is 238 Å². The first kappa shape index (κ1) is 28.8. The van der Waals surface area contributed by atoms with E-state index in [0.717, 1.165) is 88.1 Å². The highest BCUT2D eigenvalue weighted by Gasteiger charge is 2.30. The van der Waals surface area contributed by atoms with Crippen LogP contribution in [0.2, 0.25) is 0 Å². The molecule has 0 unspecified atom stereocenters. The highest BCUT2D eigenvalue weighted by atomic mass is 32.1. The summed E-state index contributed by atoms with van der Waals surface area (Å²) >= 11 is 3.03. The molecule has 4 aromatic rings. The molecule has 0 saturated carbocycles. The molecule has 0 aliphatic carbocycles. The van der Waals surface area contributed by atoms with E-state index in [9.17, 15) is 13.2 Å². The van der Waals surface area contributed by atoms with E-state index in [0.29, 0.717) is 19.6 Å². The van der Waals surface area contributed by atoms with Crippen molar-refractivity contribution >= 4 is 38.2 Å². The molecule has 2 N–H and O–H groups in total. The molecule has 40 heavy (non-hydrogen) atoms. The maximum absolute atomic E-state index is 13.0. The number of benzene rings is 1. The predicted molar refractivity (Wildman–Crippen MR) is 152 cm³/mol. The smallest absolute Gasteiger partial charge is 0.379 e. The minimum atomic E-state index is -4.35. The summed E-state index contributed by atoms with van der Waals surface area (Å²) < 4.78 is 50.0. The molecule has 3 aromatic heterocycles. The molecule has 1 aliphatic rings. The molecule has 13 heteroatoms. The van der Waals surface area contributed by atoms with Crippen molar-refractivity contribution in [2.24, 2.45) is 0 Å². The summed E-state index contributed by atoms with van der Waals surface area (Å²) in [5.41, 5.74) is 1.83. The van der Waals surface area contributed by atoms with Crippen molar-refractivity contribution < 1.29 is 22.6 Å². The lowest BCUT2D eigenvalue weighted by atomic mass is 10.0. The second-order valence-electron chi connectivity index (χ2n) is 9.46. The van der Waals surface area contributed by atoms with Gasteiger partial charge in [0.1, 0.15) is 15.4 Å². The highest BCUT2D eigenvalue weighted by molar-refractivity contribution is 7.26. The van der Waals surface area contributed by atoms with E-state index in [1.807, 2.05) is 12.1 Å². The fraction of sp³-hybridized carbons (Fsp3) is 0.444. The number of methoxy groups -OCH3 is 1. The summed E-state index contributed by atoms with van der Waals surface area (Å²) in [5.74, 6) is 0. The largest absolute Gasteiger partial charge is 0.416 e. The number of hydrogen-bond donors (Lipinski definition) is 2. The Morgan fingerprint density at radius 2 is 1.90 bits per heavy atom. The van der Waals surface area contributed by atoms with E-state index >= 15 is 0 Å². The zero-order chi connectivity index (χ0) is 28.0. The van der Waals surface area contributed by atoms with Gasteiger partial charge in [0, 0.05) is 52.1 Å². The topological polar surface area (TPSA) is 84.4 Å². The van der Waals surface area contributed by atoms with Crippen LogP contribution in [-0.4, -0.2) is 78.9 Å². The monoisotopic (exact) mass is 592 g/mol. The second-order valence-corrected chi connectivity index (χ2v) is 11.4. The molecule has 1 atom stereocenters. The fourth-order valence-corrected chi connectivity index (χ4v) is 6.47. The van der Waals surface area contributed by atoms with E-state index in [-0.39, 0.29) is 6.04 Å². The zero-order valence-corrected chi connectivity index (χ0v) is 23.7. The van der Waals surface area contributed by atoms with Gasteiger partial charge in [-0.25, -0.2) is 15.0 Å². The number of morpholine rings is 1. The van der Waals surface area contributed by atoms with Gasteiger partial charge in [-0.3, -0.25) is 4.90 Å². The zero-order valence-electron chi connectivity index (χ0n) is 22.0. The first-order valence-electron chi connectivity index (χ1n) is 13.0. The lowest BCUT2D eigenvalue weighted by Gasteiger charge is -2.28. The van der Waals surface area contributed by atoms with Crippen LogP contribution in [0.15, 0.2) is 42.6 Å². The number of rotatable bonds is 12. The Morgan fingerprint density at radius 1 is 1.10 bits per heavy atom. The first-order chi connectivity index (χ1) is 19.4. The first-order valence-corrected chi connectivity index (χ1v) is 14.7. The molecule has 0 radical (unpaired) electrons. The van der Waals surface area contributed by atoms with E-state index in [2.05, 4.69) is 20.5 Å². The Bertz CT molecular complexity index is 1340. The van der Waals surface area contributed by atoms with Gasteiger partial charge in [-0.2, -0.15) is 13.2 Å². The van der Waals surface area contributed by atoms with Crippen LogP contribution in [0.3, 0.4) is 0 Å². The molecule has 1 aliphatic heterocycles. The Kier molecular flexibility index (Phi) is 9.60. The van der Waals surface area contributed by atoms with Crippen molar-refractivity contribution in [3.05, 3.63) is 59.4 Å². The molecular weight excluding hydrogens is 561 g/mol. The van der Waals surface area contributed by atoms with Gasteiger partial charge in [0.15, 0.2) is 5.13 Å². The molecule has 214 valence electrons. The molecule has 0 bridgehead atoms. The van der Waals surface area contributed by atoms with Gasteiger partial charge in [0.25, 0.3) is 0 Å². The summed E-state index contributed by atoms with van der Waals surface area (Å²) in [6.45, 7) is 5.79. The van der Waals surface area contributed by atoms with Gasteiger partial charge in [0.2, 0.25) is 0 Å². The number of fused-ring (bicyclic) bond motifs is 1. The van der Waals surface area contributed by atoms with Crippen LogP contribution in [0.25, 0.3) is 20.2 Å². The van der Waals surface area contributed by atoms with Crippen molar-refractivity contribution in [3.8, 4) is 9.88 Å². The minimum absolute atomic E-state index is 0.0253. The second kappa shape index (κ2) is 13.3. The molecule has 1 fully saturated rings. The summed E-state index contributed by atoms with van der Waals surface area (Å²) in [4.78, 5) is 18.1. The molecule has 0 amide bonds. The van der Waals surface area contributed by atoms with Crippen molar-refractivity contribution in [1.82, 2.24) is 25.2 Å². The standard InChI is InChI=1S/C27H31F3N6O2S2/c1-37-17-22-23(25-34-21-3-2-8-32-24(21)40-25)39-26(35-22)33-16-20(31-9-10-36-11-13-38-14-12-36)15-18-4-6-19(7-5-18)27(28,29)30/h2-8,20,31H,9-17H2,1H3,(H,33,35)/t20-/m0/s1. The predicted octanol–water partition coefficient (Wildman–Crippen LogP) is 4.93. The minimum Gasteiger partial charge on any atom is -0.379 e. The molecule has 1 aromatic carbocycles. The SMILES string of the molecule is COCc1nc(NC[C@H](Cc2ccc(C(F)(F)F)cc2)NCCN2CCOCC2)sc1-c1nc2cccnc2s1. The Balaban J connectivity index is 1.28. The van der Waals surface area contributed by atoms with E-state index in [1.165, 1.54) is 22.7 Å². The fourth-order valence-electron chi connectivity index (χ4n) is 4.49. The molecule has 0 spiro atoms. The maximum Gasteiger partial charge on any atom is 0.416 e. The van der Waals surface area contributed by atoms with E-state index in [1.54, 1.807) is 25.4 Å². The van der Waals surface area contributed by atoms with Gasteiger partial charge < -0.3 is 20.1 Å². The normalized spacial score (nSPS) is 15.5. The number of thiazole rings is 2. The van der Waals surface area contributed by atoms with Crippen LogP contribution < -0.4 is 10.6 Å². The summed E-state index contributed by atoms with van der Waals surface area (Å²) in [6, 6.07) is 9.17. The third kappa shape index (κ3) is 7.53. The van der Waals surface area contributed by atoms with Crippen molar-refractivity contribution in [2.45, 2.75) is 25.2 Å². The van der Waals surface area contributed by atoms with Crippen LogP contribution >= 0.6 is 22.7 Å². The summed E-state index contributed by atoms with van der Waals surface area (Å²) in [7, 11) is 1.63. The van der Waals surface area contributed by atoms with Gasteiger partial charge >= 0.3 is 6.18 Å². The maximum atomic E-state index is 13.0. The Hall–Kier alpha value is -2.68. The number of alkyl halides is 3. The van der Waals surface area contributed by atoms with Crippen LogP contribution in [0.1, 0.15) is 16.8 Å². The third-order valence-corrected chi connectivity index (χ3v) is 8.75. The lowest BCUT2D eigenvalue weighted by molar-refractivity contribution is -0.137. The number of nitrogens with one attached hydrogen (secondary N) is 2. The molecule has 1 saturated heterocycles. The number of hydrogen-bond acceptors (Lipinski definition) is 10. The van der Waals surface area contributed by atoms with E-state index in [4.69, 9.17) is 19.4 Å². The van der Waals surface area contributed by atoms with Gasteiger partial charge in [-0.15, -0.1) is 0 Å². The van der Waals surface area contributed by atoms with Crippen molar-refractivity contribution in [1.29, 1.82) is 0 Å². The quantitative estimate of drug-likeness (QED) is 0.240. The molecule has 5 rings (SSSR count). The summed E-state index contributed by atoms with van der Waals surface area (Å²) in [6.07, 6.45) is -2.03. The highest BCUT2D eigenvalue weighted by Crippen LogP contribution is 2.37. The lowest BCUT2D eigenvalue weighted by Crippen LogP contribution is -2.44. The average Bonchev–Trinajstić information content (AvgIpc) is 3.56. The number of anilines is 1. The number of ether oxygens (including phenoxy) is 2. The van der Waals surface area contributed by atoms with Gasteiger partial charge in [-0.05, 0) is 36.2 Å². The van der Waals surface area contributed by atoms with Crippen LogP contribution in [0, 0.1) is 0 Å². The van der Waals surface area contributed by atoms with E-state index < -0.39 is 11.7 Å². The number of halogens is 3. The summed E-state index contributed by atoms with van der Waals surface area (Å²) in [5, 5.41) is 8.62. The van der Waals surface area contributed by atoms with Crippen LogP contribution in [-0.2, 0) is 28.7 Å². The van der Waals surface area contributed by atoms with Gasteiger partial charge in [0.05, 0.1) is 36.0 Å². The molecule has 4 heterocycles. The van der Waals surface area contributed by atoms with Crippen molar-refractivity contribution in [3.63, 3.8) is 0 Å². The Morgan fingerprint density at radius 3 is 2.62 bits per heavy atom. The molecular formula is C27H31F3N6O2S2. The van der Waals surface area contributed by atoms with Gasteiger partial charge in [-0.1, -0.05) is 34.8 Å². The number of pyridine rings is 1. The van der Waals surface area contributed by atoms with Crippen molar-refractivity contribution in [2.75, 3.05) is 58.4 Å². The van der Waals surface area contributed by atoms with Crippen LogP contribution in [0.4, 0.5) is 18.3 Å². The average molecular weight is 593 g/mol. The number of aromatic nitrogens is 3. The third-order valence-electron chi connectivity index (χ3n) is 6.57. The van der Waals surface area contributed by atoms with Crippen LogP contribution in [0.5, 0.6) is 0 Å². The number of nitrogens with zero attached hydrogens (tertiary/aromatic N) is 4.